The zero-order valence-electron chi connectivity index (χ0n) is 28.0. The second-order valence-electron chi connectivity index (χ2n) is 14.7. The molecule has 1 N–H and O–H groups in total. The van der Waals surface area contributed by atoms with Crippen LogP contribution < -0.4 is 4.72 Å². The molecule has 0 fully saturated rings. The molecule has 0 saturated heterocycles. The Morgan fingerprint density at radius 2 is 1.59 bits per heavy atom. The number of benzene rings is 2. The molecule has 0 aliphatic carbocycles. The highest BCUT2D eigenvalue weighted by atomic mass is 32.2. The Morgan fingerprint density at radius 3 is 2.11 bits per heavy atom. The third kappa shape index (κ3) is 7.38. The molecule has 46 heavy (non-hydrogen) atoms. The predicted molar refractivity (Wildman–Crippen MR) is 178 cm³/mol. The van der Waals surface area contributed by atoms with E-state index in [-0.39, 0.29) is 12.6 Å². The first-order chi connectivity index (χ1) is 21.3. The van der Waals surface area contributed by atoms with Crippen LogP contribution in [0.2, 0.25) is 25.7 Å². The van der Waals surface area contributed by atoms with Crippen LogP contribution in [0.5, 0.6) is 0 Å². The molecular formula is C33H45F3N4O4SSi. The molecular weight excluding hydrogens is 634 g/mol. The molecule has 2 aromatic carbocycles. The van der Waals surface area contributed by atoms with E-state index in [0.29, 0.717) is 34.3 Å². The van der Waals surface area contributed by atoms with Crippen molar-refractivity contribution in [2.45, 2.75) is 103 Å². The van der Waals surface area contributed by atoms with Crippen molar-refractivity contribution in [2.75, 3.05) is 6.61 Å². The van der Waals surface area contributed by atoms with E-state index in [0.717, 1.165) is 19.9 Å². The SMILES string of the molecule is C[C@H](c1ccc2nc([C@@H](N[S@@+]([O-])C(C)(C)C)C(F)C(C)(C)C(F)F)n(COCC[Si](C)(C)C)c2c1)N1C(=O)c2ccccc2C1=O. The standard InChI is InChI=1S/C33H45F3N4O4SSi/c1-20(40-29(41)22-12-10-11-13-23(22)30(40)42)21-14-15-24-25(18-21)39(19-44-16-17-46(7,8)9)28(37-24)26(38-45(43)32(2,3)4)27(34)33(5,6)31(35)36/h10-15,18,20,26-27,31,38H,16-17,19H2,1-9H3/t20-,26+,27?,45+/m1/s1. The van der Waals surface area contributed by atoms with Gasteiger partial charge in [0.15, 0.2) is 0 Å². The smallest absolute Gasteiger partial charge is 0.262 e. The summed E-state index contributed by atoms with van der Waals surface area (Å²) in [6.45, 7) is 16.1. The summed E-state index contributed by atoms with van der Waals surface area (Å²) in [4.78, 5) is 32.4. The van der Waals surface area contributed by atoms with Crippen molar-refractivity contribution in [3.8, 4) is 0 Å². The Morgan fingerprint density at radius 1 is 1.00 bits per heavy atom. The van der Waals surface area contributed by atoms with Gasteiger partial charge in [0, 0.05) is 26.0 Å². The van der Waals surface area contributed by atoms with Crippen molar-refractivity contribution < 1.29 is 32.0 Å². The summed E-state index contributed by atoms with van der Waals surface area (Å²) in [5.74, 6) is -0.742. The van der Waals surface area contributed by atoms with E-state index in [4.69, 9.17) is 9.72 Å². The van der Waals surface area contributed by atoms with Gasteiger partial charge in [-0.2, -0.15) is 0 Å². The number of fused-ring (bicyclic) bond motifs is 2. The van der Waals surface area contributed by atoms with Crippen molar-refractivity contribution in [2.24, 2.45) is 5.41 Å². The first-order valence-electron chi connectivity index (χ1n) is 15.4. The molecule has 0 spiro atoms. The van der Waals surface area contributed by atoms with Crippen LogP contribution in [0.3, 0.4) is 0 Å². The molecule has 13 heteroatoms. The van der Waals surface area contributed by atoms with E-state index < -0.39 is 66.1 Å². The molecule has 252 valence electrons. The summed E-state index contributed by atoms with van der Waals surface area (Å²) in [6.07, 6.45) is -5.19. The Hall–Kier alpha value is -2.71. The van der Waals surface area contributed by atoms with Crippen LogP contribution in [-0.4, -0.2) is 62.8 Å². The van der Waals surface area contributed by atoms with Crippen molar-refractivity contribution >= 4 is 42.3 Å². The third-order valence-electron chi connectivity index (χ3n) is 8.35. The second kappa shape index (κ2) is 13.4. The number of nitrogens with zero attached hydrogens (tertiary/aromatic N) is 3. The largest absolute Gasteiger partial charge is 0.598 e. The fourth-order valence-electron chi connectivity index (χ4n) is 5.12. The van der Waals surface area contributed by atoms with Gasteiger partial charge in [0.05, 0.1) is 33.6 Å². The van der Waals surface area contributed by atoms with Crippen LogP contribution >= 0.6 is 0 Å². The van der Waals surface area contributed by atoms with Gasteiger partial charge in [0.25, 0.3) is 11.8 Å². The van der Waals surface area contributed by atoms with Crippen LogP contribution in [0.4, 0.5) is 13.2 Å². The monoisotopic (exact) mass is 678 g/mol. The molecule has 8 nitrogen and oxygen atoms in total. The molecule has 2 heterocycles. The van der Waals surface area contributed by atoms with Crippen LogP contribution in [0.15, 0.2) is 42.5 Å². The maximum Gasteiger partial charge on any atom is 0.262 e. The van der Waals surface area contributed by atoms with Gasteiger partial charge in [-0.15, -0.1) is 4.72 Å². The molecule has 4 rings (SSSR count). The molecule has 4 atom stereocenters. The number of halogens is 3. The summed E-state index contributed by atoms with van der Waals surface area (Å²) in [5, 5.41) is 0. The number of imide groups is 1. The first kappa shape index (κ1) is 36.1. The Labute approximate surface area is 273 Å². The number of nitrogens with one attached hydrogen (secondary N) is 1. The van der Waals surface area contributed by atoms with Gasteiger partial charge in [0.2, 0.25) is 6.43 Å². The number of hydrogen-bond acceptors (Lipinski definition) is 6. The normalized spacial score (nSPS) is 17.1. The summed E-state index contributed by atoms with van der Waals surface area (Å²) in [5.41, 5.74) is 0.105. The number of hydrogen-bond donors (Lipinski definition) is 1. The average Bonchev–Trinajstić information content (AvgIpc) is 3.45. The number of aromatic nitrogens is 2. The quantitative estimate of drug-likeness (QED) is 0.0874. The van der Waals surface area contributed by atoms with Gasteiger partial charge >= 0.3 is 0 Å². The van der Waals surface area contributed by atoms with Gasteiger partial charge in [-0.3, -0.25) is 14.5 Å². The molecule has 2 amide bonds. The van der Waals surface area contributed by atoms with Crippen LogP contribution in [0.25, 0.3) is 11.0 Å². The molecule has 1 aromatic heterocycles. The van der Waals surface area contributed by atoms with E-state index in [9.17, 15) is 22.9 Å². The number of ether oxygens (including phenoxy) is 1. The van der Waals surface area contributed by atoms with Crippen molar-refractivity contribution in [1.82, 2.24) is 19.2 Å². The molecule has 1 aliphatic rings. The summed E-state index contributed by atoms with van der Waals surface area (Å²) < 4.78 is 67.7. The Balaban J connectivity index is 1.82. The minimum atomic E-state index is -3.01. The lowest BCUT2D eigenvalue weighted by Crippen LogP contribution is -2.49. The van der Waals surface area contributed by atoms with E-state index in [1.165, 1.54) is 4.90 Å². The third-order valence-corrected chi connectivity index (χ3v) is 11.6. The zero-order chi connectivity index (χ0) is 34.4. The lowest BCUT2D eigenvalue weighted by Gasteiger charge is -2.35. The Kier molecular flexibility index (Phi) is 10.5. The van der Waals surface area contributed by atoms with Crippen molar-refractivity contribution in [3.63, 3.8) is 0 Å². The molecule has 0 bridgehead atoms. The van der Waals surface area contributed by atoms with E-state index in [1.807, 2.05) is 0 Å². The maximum atomic E-state index is 16.4. The topological polar surface area (TPSA) is 99.5 Å². The number of alkyl halides is 3. The summed E-state index contributed by atoms with van der Waals surface area (Å²) in [6, 6.07) is 10.5. The highest BCUT2D eigenvalue weighted by Crippen LogP contribution is 2.40. The summed E-state index contributed by atoms with van der Waals surface area (Å²) >= 11 is -1.83. The second-order valence-corrected chi connectivity index (χ2v) is 22.3. The van der Waals surface area contributed by atoms with Gasteiger partial charge in [-0.25, -0.2) is 18.2 Å². The van der Waals surface area contributed by atoms with Crippen LogP contribution in [-0.2, 0) is 22.8 Å². The molecule has 1 aliphatic heterocycles. The molecule has 3 aromatic rings. The van der Waals surface area contributed by atoms with Crippen LogP contribution in [0.1, 0.15) is 85.7 Å². The number of rotatable bonds is 13. The number of imidazole rings is 1. The molecule has 1 unspecified atom stereocenters. The minimum absolute atomic E-state index is 0.0624. The van der Waals surface area contributed by atoms with Gasteiger partial charge < -0.3 is 13.9 Å². The summed E-state index contributed by atoms with van der Waals surface area (Å²) in [7, 11) is -1.46. The number of amides is 2. The van der Waals surface area contributed by atoms with Crippen molar-refractivity contribution in [3.05, 3.63) is 65.0 Å². The predicted octanol–water partition coefficient (Wildman–Crippen LogP) is 7.43. The van der Waals surface area contributed by atoms with Crippen molar-refractivity contribution in [1.29, 1.82) is 0 Å². The van der Waals surface area contributed by atoms with E-state index in [1.54, 1.807) is 74.7 Å². The van der Waals surface area contributed by atoms with Gasteiger partial charge in [-0.05, 0) is 63.6 Å². The number of carbonyl (C=O) groups excluding carboxylic acids is 2. The van der Waals surface area contributed by atoms with E-state index in [2.05, 4.69) is 24.4 Å². The fraction of sp³-hybridized carbons (Fsp3) is 0.545. The number of carbonyl (C=O) groups is 2. The fourth-order valence-corrected chi connectivity index (χ4v) is 6.69. The zero-order valence-corrected chi connectivity index (χ0v) is 29.8. The molecule has 0 radical (unpaired) electrons. The Bertz CT molecular complexity index is 1550. The van der Waals surface area contributed by atoms with Gasteiger partial charge in [0.1, 0.15) is 29.5 Å². The average molecular weight is 679 g/mol. The lowest BCUT2D eigenvalue weighted by molar-refractivity contribution is -0.0462. The lowest BCUT2D eigenvalue weighted by atomic mass is 9.84. The highest BCUT2D eigenvalue weighted by molar-refractivity contribution is 7.90. The molecule has 0 saturated carbocycles. The maximum absolute atomic E-state index is 16.4. The first-order valence-corrected chi connectivity index (χ1v) is 20.3. The minimum Gasteiger partial charge on any atom is -0.598 e. The van der Waals surface area contributed by atoms with Gasteiger partial charge in [-0.1, -0.05) is 51.7 Å². The van der Waals surface area contributed by atoms with E-state index >= 15 is 4.39 Å². The van der Waals surface area contributed by atoms with Crippen LogP contribution in [0, 0.1) is 5.41 Å². The highest BCUT2D eigenvalue weighted by Gasteiger charge is 2.48.